The van der Waals surface area contributed by atoms with E-state index in [2.05, 4.69) is 36.9 Å². The van der Waals surface area contributed by atoms with E-state index in [1.807, 2.05) is 7.05 Å². The fraction of sp³-hybridized carbons (Fsp3) is 0.235. The molecule has 4 heteroatoms. The van der Waals surface area contributed by atoms with E-state index in [-0.39, 0.29) is 5.56 Å². The first-order valence-electron chi connectivity index (χ1n) is 6.68. The van der Waals surface area contributed by atoms with Crippen LogP contribution in [0, 0.1) is 13.8 Å². The van der Waals surface area contributed by atoms with Crippen LogP contribution in [0.2, 0.25) is 5.02 Å². The third kappa shape index (κ3) is 3.76. The highest BCUT2D eigenvalue weighted by Crippen LogP contribution is 2.23. The molecule has 1 N–H and O–H groups in total. The number of halogens is 1. The van der Waals surface area contributed by atoms with Gasteiger partial charge in [0.2, 0.25) is 0 Å². The number of nitrogens with zero attached hydrogens (tertiary/aromatic N) is 1. The van der Waals surface area contributed by atoms with Crippen molar-refractivity contribution in [2.24, 2.45) is 0 Å². The molecule has 0 aromatic heterocycles. The van der Waals surface area contributed by atoms with Crippen molar-refractivity contribution in [3.8, 4) is 0 Å². The van der Waals surface area contributed by atoms with Gasteiger partial charge in [-0.3, -0.25) is 0 Å². The minimum atomic E-state index is -0.967. The number of carboxylic acids is 1. The van der Waals surface area contributed by atoms with Crippen molar-refractivity contribution < 1.29 is 9.90 Å². The molecule has 3 nitrogen and oxygen atoms in total. The summed E-state index contributed by atoms with van der Waals surface area (Å²) in [5, 5.41) is 9.43. The summed E-state index contributed by atoms with van der Waals surface area (Å²) in [6.45, 7) is 4.76. The van der Waals surface area contributed by atoms with Crippen LogP contribution in [-0.4, -0.2) is 18.1 Å². The Labute approximate surface area is 129 Å². The molecule has 0 saturated carbocycles. The van der Waals surface area contributed by atoms with E-state index in [0.717, 1.165) is 11.3 Å². The maximum absolute atomic E-state index is 10.9. The first-order chi connectivity index (χ1) is 9.86. The highest BCUT2D eigenvalue weighted by Gasteiger charge is 2.10. The lowest BCUT2D eigenvalue weighted by Crippen LogP contribution is -2.17. The molecule has 0 radical (unpaired) electrons. The topological polar surface area (TPSA) is 40.5 Å². The van der Waals surface area contributed by atoms with Gasteiger partial charge in [-0.15, -0.1) is 0 Å². The van der Waals surface area contributed by atoms with Gasteiger partial charge >= 0.3 is 5.97 Å². The molecule has 0 aliphatic rings. The molecule has 0 aliphatic heterocycles. The van der Waals surface area contributed by atoms with Crippen molar-refractivity contribution in [2.75, 3.05) is 11.9 Å². The Hall–Kier alpha value is -2.00. The number of aryl methyl sites for hydroxylation is 2. The molecule has 0 unspecified atom stereocenters. The van der Waals surface area contributed by atoms with Crippen LogP contribution in [-0.2, 0) is 6.54 Å². The molecule has 2 rings (SSSR count). The second-order valence-electron chi connectivity index (χ2n) is 5.31. The highest BCUT2D eigenvalue weighted by atomic mass is 35.5. The Morgan fingerprint density at radius 2 is 1.76 bits per heavy atom. The van der Waals surface area contributed by atoms with Gasteiger partial charge in [-0.1, -0.05) is 23.7 Å². The predicted octanol–water partition coefficient (Wildman–Crippen LogP) is 4.29. The maximum atomic E-state index is 10.9. The van der Waals surface area contributed by atoms with Crippen LogP contribution in [0.4, 0.5) is 5.69 Å². The van der Waals surface area contributed by atoms with E-state index in [1.165, 1.54) is 17.2 Å². The van der Waals surface area contributed by atoms with Crippen molar-refractivity contribution >= 4 is 23.3 Å². The van der Waals surface area contributed by atoms with Crippen LogP contribution < -0.4 is 4.90 Å². The van der Waals surface area contributed by atoms with Gasteiger partial charge in [0.15, 0.2) is 0 Å². The van der Waals surface area contributed by atoms with Crippen molar-refractivity contribution in [1.82, 2.24) is 0 Å². The third-order valence-corrected chi connectivity index (χ3v) is 3.71. The van der Waals surface area contributed by atoms with E-state index in [1.54, 1.807) is 12.1 Å². The quantitative estimate of drug-likeness (QED) is 0.916. The fourth-order valence-corrected chi connectivity index (χ4v) is 2.57. The van der Waals surface area contributed by atoms with Gasteiger partial charge in [-0.25, -0.2) is 4.79 Å². The number of anilines is 1. The maximum Gasteiger partial charge on any atom is 0.335 e. The summed E-state index contributed by atoms with van der Waals surface area (Å²) in [7, 11) is 2.00. The van der Waals surface area contributed by atoms with Gasteiger partial charge < -0.3 is 10.0 Å². The van der Waals surface area contributed by atoms with E-state index < -0.39 is 5.97 Å². The molecule has 0 saturated heterocycles. The summed E-state index contributed by atoms with van der Waals surface area (Å²) in [4.78, 5) is 13.0. The van der Waals surface area contributed by atoms with Crippen LogP contribution in [0.1, 0.15) is 27.0 Å². The lowest BCUT2D eigenvalue weighted by atomic mass is 10.1. The zero-order valence-electron chi connectivity index (χ0n) is 12.4. The van der Waals surface area contributed by atoms with E-state index in [4.69, 9.17) is 16.7 Å². The fourth-order valence-electron chi connectivity index (χ4n) is 2.33. The van der Waals surface area contributed by atoms with E-state index in [9.17, 15) is 4.79 Å². The zero-order chi connectivity index (χ0) is 15.6. The monoisotopic (exact) mass is 303 g/mol. The Bertz CT molecular complexity index is 662. The summed E-state index contributed by atoms with van der Waals surface area (Å²) in [6.07, 6.45) is 0. The van der Waals surface area contributed by atoms with Crippen LogP contribution in [0.15, 0.2) is 36.4 Å². The van der Waals surface area contributed by atoms with Gasteiger partial charge in [0, 0.05) is 24.3 Å². The molecule has 2 aromatic rings. The smallest absolute Gasteiger partial charge is 0.335 e. The number of benzene rings is 2. The second-order valence-corrected chi connectivity index (χ2v) is 5.72. The molecule has 110 valence electrons. The molecular weight excluding hydrogens is 286 g/mol. The lowest BCUT2D eigenvalue weighted by Gasteiger charge is -2.21. The molecule has 0 amide bonds. The Morgan fingerprint density at radius 1 is 1.14 bits per heavy atom. The molecule has 0 aliphatic carbocycles. The Morgan fingerprint density at radius 3 is 2.29 bits per heavy atom. The number of rotatable bonds is 4. The van der Waals surface area contributed by atoms with Crippen LogP contribution in [0.3, 0.4) is 0 Å². The average Bonchev–Trinajstić information content (AvgIpc) is 2.39. The van der Waals surface area contributed by atoms with Gasteiger partial charge in [0.25, 0.3) is 0 Å². The molecule has 0 atom stereocenters. The predicted molar refractivity (Wildman–Crippen MR) is 86.4 cm³/mol. The number of carboxylic acid groups (broad SMARTS) is 1. The van der Waals surface area contributed by atoms with Crippen molar-refractivity contribution in [3.63, 3.8) is 0 Å². The molecule has 2 aromatic carbocycles. The first-order valence-corrected chi connectivity index (χ1v) is 7.06. The minimum Gasteiger partial charge on any atom is -0.478 e. The first kappa shape index (κ1) is 15.4. The van der Waals surface area contributed by atoms with E-state index in [0.29, 0.717) is 11.6 Å². The summed E-state index contributed by atoms with van der Waals surface area (Å²) < 4.78 is 0. The van der Waals surface area contributed by atoms with Crippen molar-refractivity contribution in [2.45, 2.75) is 20.4 Å². The highest BCUT2D eigenvalue weighted by molar-refractivity contribution is 6.31. The minimum absolute atomic E-state index is 0.206. The van der Waals surface area contributed by atoms with Gasteiger partial charge in [0.1, 0.15) is 0 Å². The number of hydrogen-bond acceptors (Lipinski definition) is 2. The molecule has 21 heavy (non-hydrogen) atoms. The number of hydrogen-bond donors (Lipinski definition) is 1. The summed E-state index contributed by atoms with van der Waals surface area (Å²) >= 11 is 6.18. The number of aromatic carboxylic acids is 1. The van der Waals surface area contributed by atoms with Crippen molar-refractivity contribution in [3.05, 3.63) is 63.7 Å². The third-order valence-electron chi connectivity index (χ3n) is 3.35. The van der Waals surface area contributed by atoms with Gasteiger partial charge in [0.05, 0.1) is 5.56 Å². The molecule has 0 spiro atoms. The van der Waals surface area contributed by atoms with Crippen LogP contribution >= 0.6 is 11.6 Å². The van der Waals surface area contributed by atoms with Crippen LogP contribution in [0.25, 0.3) is 0 Å². The second kappa shape index (κ2) is 6.19. The Kier molecular flexibility index (Phi) is 4.53. The van der Waals surface area contributed by atoms with Crippen LogP contribution in [0.5, 0.6) is 0 Å². The normalized spacial score (nSPS) is 10.5. The summed E-state index contributed by atoms with van der Waals surface area (Å²) in [5.41, 5.74) is 4.65. The zero-order valence-corrected chi connectivity index (χ0v) is 13.1. The molecule has 0 heterocycles. The summed E-state index contributed by atoms with van der Waals surface area (Å²) in [6, 6.07) is 11.2. The SMILES string of the molecule is Cc1cc(C)cc(N(C)Cc2ccc(C(=O)O)cc2Cl)c1. The summed E-state index contributed by atoms with van der Waals surface area (Å²) in [5.74, 6) is -0.967. The standard InChI is InChI=1S/C17H18ClNO2/c1-11-6-12(2)8-15(7-11)19(3)10-14-5-4-13(17(20)21)9-16(14)18/h4-9H,10H2,1-3H3,(H,20,21). The average molecular weight is 304 g/mol. The lowest BCUT2D eigenvalue weighted by molar-refractivity contribution is 0.0697. The molecule has 0 fully saturated rings. The van der Waals surface area contributed by atoms with Gasteiger partial charge in [-0.05, 0) is 54.8 Å². The number of carbonyl (C=O) groups is 1. The Balaban J connectivity index is 2.23. The molecule has 0 bridgehead atoms. The van der Waals surface area contributed by atoms with E-state index >= 15 is 0 Å². The largest absolute Gasteiger partial charge is 0.478 e. The molecular formula is C17H18ClNO2. The van der Waals surface area contributed by atoms with Crippen molar-refractivity contribution in [1.29, 1.82) is 0 Å². The van der Waals surface area contributed by atoms with Gasteiger partial charge in [-0.2, -0.15) is 0 Å².